The number of ketones is 1. The number of carbonyl (C=O) groups excluding carboxylic acids is 3. The Morgan fingerprint density at radius 3 is 2.48 bits per heavy atom. The summed E-state index contributed by atoms with van der Waals surface area (Å²) in [7, 11) is 1.21. The van der Waals surface area contributed by atoms with Crippen LogP contribution in [-0.4, -0.2) is 37.1 Å². The molecule has 25 heavy (non-hydrogen) atoms. The molecule has 1 amide bonds. The van der Waals surface area contributed by atoms with Crippen molar-refractivity contribution in [2.45, 2.75) is 32.8 Å². The molecule has 0 aliphatic carbocycles. The van der Waals surface area contributed by atoms with E-state index in [0.29, 0.717) is 5.56 Å². The summed E-state index contributed by atoms with van der Waals surface area (Å²) >= 11 is 3.33. The van der Waals surface area contributed by atoms with E-state index in [-0.39, 0.29) is 18.5 Å². The molecule has 0 aromatic heterocycles. The third-order valence-electron chi connectivity index (χ3n) is 2.89. The molecule has 6 nitrogen and oxygen atoms in total. The Bertz CT molecular complexity index is 676. The van der Waals surface area contributed by atoms with Gasteiger partial charge in [-0.1, -0.05) is 28.1 Å². The summed E-state index contributed by atoms with van der Waals surface area (Å²) in [6.45, 7) is 5.29. The maximum absolute atomic E-state index is 12.3. The summed E-state index contributed by atoms with van der Waals surface area (Å²) in [6, 6.07) is 7.16. The molecule has 0 aliphatic heterocycles. The molecule has 0 fully saturated rings. The number of halogens is 1. The van der Waals surface area contributed by atoms with Gasteiger partial charge in [-0.25, -0.2) is 9.59 Å². The van der Waals surface area contributed by atoms with Crippen LogP contribution in [0.4, 0.5) is 4.79 Å². The van der Waals surface area contributed by atoms with Crippen molar-refractivity contribution in [2.75, 3.05) is 13.7 Å². The average Bonchev–Trinajstić information content (AvgIpc) is 2.50. The smallest absolute Gasteiger partial charge is 0.407 e. The minimum atomic E-state index is -0.720. The molecule has 0 atom stereocenters. The number of benzene rings is 1. The Morgan fingerprint density at radius 1 is 1.24 bits per heavy atom. The topological polar surface area (TPSA) is 81.7 Å². The summed E-state index contributed by atoms with van der Waals surface area (Å²) < 4.78 is 10.6. The third kappa shape index (κ3) is 7.98. The lowest BCUT2D eigenvalue weighted by Crippen LogP contribution is -2.34. The van der Waals surface area contributed by atoms with Gasteiger partial charge in [0.25, 0.3) is 0 Å². The molecule has 0 unspecified atom stereocenters. The lowest BCUT2D eigenvalue weighted by Gasteiger charge is -2.19. The first-order valence-corrected chi connectivity index (χ1v) is 8.47. The van der Waals surface area contributed by atoms with Gasteiger partial charge < -0.3 is 14.8 Å². The second kappa shape index (κ2) is 9.36. The lowest BCUT2D eigenvalue weighted by molar-refractivity contribution is -0.137. The number of hydrogen-bond acceptors (Lipinski definition) is 5. The monoisotopic (exact) mass is 411 g/mol. The number of Topliss-reactive ketones (excluding diaryl/α,β-unsaturated/α-hetero) is 1. The van der Waals surface area contributed by atoms with Gasteiger partial charge in [0.2, 0.25) is 0 Å². The van der Waals surface area contributed by atoms with Crippen molar-refractivity contribution < 1.29 is 23.9 Å². The molecule has 0 spiro atoms. The van der Waals surface area contributed by atoms with Gasteiger partial charge in [0, 0.05) is 17.4 Å². The van der Waals surface area contributed by atoms with Crippen molar-refractivity contribution in [3.8, 4) is 0 Å². The number of amides is 1. The summed E-state index contributed by atoms with van der Waals surface area (Å²) in [6.07, 6.45) is 0.802. The van der Waals surface area contributed by atoms with Crippen LogP contribution in [-0.2, 0) is 19.1 Å². The summed E-state index contributed by atoms with van der Waals surface area (Å²) in [5.74, 6) is -1.15. The van der Waals surface area contributed by atoms with Gasteiger partial charge in [0.1, 0.15) is 11.2 Å². The fourth-order valence-electron chi connectivity index (χ4n) is 1.85. The van der Waals surface area contributed by atoms with Gasteiger partial charge in [-0.05, 0) is 44.5 Å². The molecule has 0 saturated carbocycles. The highest BCUT2D eigenvalue weighted by Crippen LogP contribution is 2.16. The molecule has 1 aromatic rings. The first kappa shape index (κ1) is 20.9. The van der Waals surface area contributed by atoms with Crippen LogP contribution in [0.15, 0.2) is 34.3 Å². The standard InChI is InChI=1S/C18H22BrNO5/c1-18(2,3)25-17(23)20-9-8-15(21)14(16(22)24-4)11-12-6-5-7-13(19)10-12/h5-7,10-11H,8-9H2,1-4H3,(H,20,23)/b14-11-. The minimum Gasteiger partial charge on any atom is -0.465 e. The summed E-state index contributed by atoms with van der Waals surface area (Å²) in [4.78, 5) is 35.8. The molecule has 0 bridgehead atoms. The molecule has 0 aliphatic rings. The number of carbonyl (C=O) groups is 3. The molecule has 1 rings (SSSR count). The highest BCUT2D eigenvalue weighted by Gasteiger charge is 2.20. The fraction of sp³-hybridized carbons (Fsp3) is 0.389. The van der Waals surface area contributed by atoms with E-state index in [2.05, 4.69) is 26.0 Å². The highest BCUT2D eigenvalue weighted by atomic mass is 79.9. The summed E-state index contributed by atoms with van der Waals surface area (Å²) in [5, 5.41) is 2.49. The van der Waals surface area contributed by atoms with Crippen molar-refractivity contribution in [3.05, 3.63) is 39.9 Å². The Hall–Kier alpha value is -2.15. The molecule has 0 saturated heterocycles. The van der Waals surface area contributed by atoms with Crippen molar-refractivity contribution in [1.82, 2.24) is 5.32 Å². The van der Waals surface area contributed by atoms with E-state index < -0.39 is 23.4 Å². The van der Waals surface area contributed by atoms with Gasteiger partial charge >= 0.3 is 12.1 Å². The van der Waals surface area contributed by atoms with E-state index in [1.807, 2.05) is 6.07 Å². The Kier molecular flexibility index (Phi) is 7.83. The molecule has 1 N–H and O–H groups in total. The van der Waals surface area contributed by atoms with E-state index >= 15 is 0 Å². The quantitative estimate of drug-likeness (QED) is 0.335. The SMILES string of the molecule is COC(=O)/C(=C\c1cccc(Br)c1)C(=O)CCNC(=O)OC(C)(C)C. The Morgan fingerprint density at radius 2 is 1.92 bits per heavy atom. The fourth-order valence-corrected chi connectivity index (χ4v) is 2.27. The Balaban J connectivity index is 2.75. The lowest BCUT2D eigenvalue weighted by atomic mass is 10.0. The Labute approximate surface area is 155 Å². The molecule has 7 heteroatoms. The molecule has 0 heterocycles. The number of hydrogen-bond donors (Lipinski definition) is 1. The number of methoxy groups -OCH3 is 1. The second-order valence-electron chi connectivity index (χ2n) is 6.21. The van der Waals surface area contributed by atoms with E-state index in [1.165, 1.54) is 13.2 Å². The van der Waals surface area contributed by atoms with Crippen LogP contribution in [0.2, 0.25) is 0 Å². The molecule has 1 aromatic carbocycles. The van der Waals surface area contributed by atoms with Crippen LogP contribution in [0, 0.1) is 0 Å². The highest BCUT2D eigenvalue weighted by molar-refractivity contribution is 9.10. The van der Waals surface area contributed by atoms with Gasteiger partial charge in [-0.2, -0.15) is 0 Å². The van der Waals surface area contributed by atoms with Crippen molar-refractivity contribution in [2.24, 2.45) is 0 Å². The maximum Gasteiger partial charge on any atom is 0.407 e. The number of ether oxygens (including phenoxy) is 2. The number of alkyl carbamates (subject to hydrolysis) is 1. The van der Waals surface area contributed by atoms with Crippen molar-refractivity contribution in [3.63, 3.8) is 0 Å². The average molecular weight is 412 g/mol. The van der Waals surface area contributed by atoms with E-state index in [4.69, 9.17) is 4.74 Å². The predicted molar refractivity (Wildman–Crippen MR) is 98.0 cm³/mol. The van der Waals surface area contributed by atoms with Crippen LogP contribution in [0.3, 0.4) is 0 Å². The van der Waals surface area contributed by atoms with Crippen LogP contribution >= 0.6 is 15.9 Å². The normalized spacial score (nSPS) is 11.6. The van der Waals surface area contributed by atoms with E-state index in [1.54, 1.807) is 39.0 Å². The van der Waals surface area contributed by atoms with Crippen LogP contribution in [0.1, 0.15) is 32.8 Å². The first-order chi connectivity index (χ1) is 11.6. The van der Waals surface area contributed by atoms with Gasteiger partial charge in [-0.3, -0.25) is 4.79 Å². The van der Waals surface area contributed by atoms with E-state index in [0.717, 1.165) is 4.47 Å². The predicted octanol–water partition coefficient (Wildman–Crippen LogP) is 3.49. The summed E-state index contributed by atoms with van der Waals surface area (Å²) in [5.41, 5.74) is -0.0129. The zero-order valence-electron chi connectivity index (χ0n) is 14.7. The van der Waals surface area contributed by atoms with E-state index in [9.17, 15) is 14.4 Å². The zero-order chi connectivity index (χ0) is 19.0. The van der Waals surface area contributed by atoms with Gasteiger partial charge in [0.05, 0.1) is 7.11 Å². The van der Waals surface area contributed by atoms with Gasteiger partial charge in [0.15, 0.2) is 5.78 Å². The van der Waals surface area contributed by atoms with Crippen LogP contribution in [0.25, 0.3) is 6.08 Å². The zero-order valence-corrected chi connectivity index (χ0v) is 16.3. The van der Waals surface area contributed by atoms with Crippen LogP contribution < -0.4 is 5.32 Å². The third-order valence-corrected chi connectivity index (χ3v) is 3.38. The van der Waals surface area contributed by atoms with Crippen LogP contribution in [0.5, 0.6) is 0 Å². The molecule has 136 valence electrons. The minimum absolute atomic E-state index is 0.0474. The number of esters is 1. The maximum atomic E-state index is 12.3. The number of nitrogens with one attached hydrogen (secondary N) is 1. The molecular formula is C18H22BrNO5. The van der Waals surface area contributed by atoms with Crippen molar-refractivity contribution in [1.29, 1.82) is 0 Å². The first-order valence-electron chi connectivity index (χ1n) is 7.68. The number of rotatable bonds is 6. The van der Waals surface area contributed by atoms with Gasteiger partial charge in [-0.15, -0.1) is 0 Å². The molecular weight excluding hydrogens is 390 g/mol. The molecule has 0 radical (unpaired) electrons. The van der Waals surface area contributed by atoms with Crippen molar-refractivity contribution >= 4 is 39.9 Å². The second-order valence-corrected chi connectivity index (χ2v) is 7.12. The largest absolute Gasteiger partial charge is 0.465 e.